The van der Waals surface area contributed by atoms with E-state index < -0.39 is 0 Å². The molecule has 1 atom stereocenters. The first-order chi connectivity index (χ1) is 12.4. The summed E-state index contributed by atoms with van der Waals surface area (Å²) in [5, 5.41) is 7.24. The largest absolute Gasteiger partial charge is 0.355 e. The summed E-state index contributed by atoms with van der Waals surface area (Å²) in [5.74, 6) is 0.333. The maximum absolute atomic E-state index is 12.6. The van der Waals surface area contributed by atoms with Gasteiger partial charge in [0.2, 0.25) is 5.91 Å². The molecule has 0 spiro atoms. The predicted molar refractivity (Wildman–Crippen MR) is 105 cm³/mol. The molecule has 1 aromatic heterocycles. The number of nitrogens with zero attached hydrogens (tertiary/aromatic N) is 1. The Bertz CT molecular complexity index is 818. The van der Waals surface area contributed by atoms with Crippen LogP contribution in [0.25, 0.3) is 10.9 Å². The van der Waals surface area contributed by atoms with Crippen molar-refractivity contribution in [2.75, 3.05) is 6.54 Å². The number of thioether (sulfide) groups is 1. The molecular weight excluding hydrogens is 346 g/mol. The zero-order valence-electron chi connectivity index (χ0n) is 15.4. The fourth-order valence-corrected chi connectivity index (χ4v) is 3.46. The summed E-state index contributed by atoms with van der Waals surface area (Å²) in [6, 6.07) is 9.73. The third-order valence-electron chi connectivity index (χ3n) is 4.20. The van der Waals surface area contributed by atoms with E-state index in [0.717, 1.165) is 23.7 Å². The van der Waals surface area contributed by atoms with Gasteiger partial charge in [-0.05, 0) is 37.8 Å². The summed E-state index contributed by atoms with van der Waals surface area (Å²) in [6.07, 6.45) is 2.09. The fraction of sp³-hybridized carbons (Fsp3) is 0.450. The van der Waals surface area contributed by atoms with Crippen LogP contribution in [0.2, 0.25) is 0 Å². The minimum atomic E-state index is -0.276. The van der Waals surface area contributed by atoms with Gasteiger partial charge in [-0.25, -0.2) is 4.98 Å². The van der Waals surface area contributed by atoms with Crippen LogP contribution in [-0.2, 0) is 4.79 Å². The van der Waals surface area contributed by atoms with Gasteiger partial charge in [-0.15, -0.1) is 0 Å². The number of hydrogen-bond donors (Lipinski definition) is 2. The highest BCUT2D eigenvalue weighted by Crippen LogP contribution is 2.28. The lowest BCUT2D eigenvalue weighted by Crippen LogP contribution is -2.33. The molecule has 0 saturated heterocycles. The van der Waals surface area contributed by atoms with Gasteiger partial charge >= 0.3 is 0 Å². The summed E-state index contributed by atoms with van der Waals surface area (Å²) < 4.78 is 0. The second-order valence-electron chi connectivity index (χ2n) is 7.17. The molecule has 0 bridgehead atoms. The SMILES string of the molecule is CC(C)CNC(=O)C(C)Sc1cc(C(=O)NC2CC2)c2ccccc2n1. The number of fused-ring (bicyclic) bond motifs is 1. The fourth-order valence-electron chi connectivity index (χ4n) is 2.57. The van der Waals surface area contributed by atoms with E-state index in [1.165, 1.54) is 11.8 Å². The lowest BCUT2D eigenvalue weighted by Gasteiger charge is -2.14. The molecule has 1 unspecified atom stereocenters. The van der Waals surface area contributed by atoms with Crippen LogP contribution in [0.3, 0.4) is 0 Å². The highest BCUT2D eigenvalue weighted by molar-refractivity contribution is 8.00. The third kappa shape index (κ3) is 4.75. The van der Waals surface area contributed by atoms with Crippen LogP contribution in [0.4, 0.5) is 0 Å². The molecule has 1 saturated carbocycles. The van der Waals surface area contributed by atoms with Gasteiger partial charge in [0.05, 0.1) is 21.4 Å². The number of pyridine rings is 1. The Hall–Kier alpha value is -2.08. The maximum Gasteiger partial charge on any atom is 0.252 e. The van der Waals surface area contributed by atoms with Crippen LogP contribution >= 0.6 is 11.8 Å². The molecule has 1 aliphatic carbocycles. The van der Waals surface area contributed by atoms with Crippen molar-refractivity contribution in [3.63, 3.8) is 0 Å². The van der Waals surface area contributed by atoms with Crippen molar-refractivity contribution in [2.45, 2.75) is 49.9 Å². The van der Waals surface area contributed by atoms with Crippen molar-refractivity contribution >= 4 is 34.5 Å². The number of amides is 2. The van der Waals surface area contributed by atoms with E-state index in [9.17, 15) is 9.59 Å². The number of nitrogens with one attached hydrogen (secondary N) is 2. The van der Waals surface area contributed by atoms with Gasteiger partial charge < -0.3 is 10.6 Å². The summed E-state index contributed by atoms with van der Waals surface area (Å²) in [5.41, 5.74) is 1.40. The molecule has 0 aliphatic heterocycles. The van der Waals surface area contributed by atoms with Gasteiger partial charge in [0.15, 0.2) is 0 Å². The maximum atomic E-state index is 12.6. The molecular formula is C20H25N3O2S. The van der Waals surface area contributed by atoms with Crippen molar-refractivity contribution in [1.82, 2.24) is 15.6 Å². The number of rotatable bonds is 7. The molecule has 1 fully saturated rings. The number of hydrogen-bond acceptors (Lipinski definition) is 4. The third-order valence-corrected chi connectivity index (χ3v) is 5.22. The van der Waals surface area contributed by atoms with Crippen LogP contribution in [0, 0.1) is 5.92 Å². The van der Waals surface area contributed by atoms with Crippen molar-refractivity contribution in [3.05, 3.63) is 35.9 Å². The van der Waals surface area contributed by atoms with Crippen molar-refractivity contribution in [2.24, 2.45) is 5.92 Å². The average Bonchev–Trinajstić information content (AvgIpc) is 3.42. The van der Waals surface area contributed by atoms with Gasteiger partial charge in [0, 0.05) is 18.0 Å². The Kier molecular flexibility index (Phi) is 5.81. The molecule has 5 nitrogen and oxygen atoms in total. The number of carbonyl (C=O) groups excluding carboxylic acids is 2. The Morgan fingerprint density at radius 3 is 2.65 bits per heavy atom. The van der Waals surface area contributed by atoms with Crippen molar-refractivity contribution in [3.8, 4) is 0 Å². The van der Waals surface area contributed by atoms with E-state index in [1.807, 2.05) is 31.2 Å². The van der Waals surface area contributed by atoms with E-state index in [-0.39, 0.29) is 17.1 Å². The number of carbonyl (C=O) groups is 2. The first kappa shape index (κ1) is 18.7. The van der Waals surface area contributed by atoms with Gasteiger partial charge in [0.25, 0.3) is 5.91 Å². The molecule has 1 heterocycles. The topological polar surface area (TPSA) is 71.1 Å². The van der Waals surface area contributed by atoms with E-state index in [2.05, 4.69) is 29.5 Å². The minimum absolute atomic E-state index is 0.0114. The summed E-state index contributed by atoms with van der Waals surface area (Å²) in [6.45, 7) is 6.65. The lowest BCUT2D eigenvalue weighted by atomic mass is 10.1. The molecule has 26 heavy (non-hydrogen) atoms. The minimum Gasteiger partial charge on any atom is -0.355 e. The Morgan fingerprint density at radius 2 is 1.96 bits per heavy atom. The van der Waals surface area contributed by atoms with Crippen molar-refractivity contribution in [1.29, 1.82) is 0 Å². The molecule has 2 amide bonds. The zero-order chi connectivity index (χ0) is 18.7. The highest BCUT2D eigenvalue weighted by Gasteiger charge is 2.25. The number of aromatic nitrogens is 1. The van der Waals surface area contributed by atoms with Crippen LogP contribution in [-0.4, -0.2) is 34.6 Å². The van der Waals surface area contributed by atoms with Gasteiger partial charge in [0.1, 0.15) is 0 Å². The van der Waals surface area contributed by atoms with Crippen LogP contribution < -0.4 is 10.6 Å². The molecule has 2 aromatic rings. The van der Waals surface area contributed by atoms with E-state index in [0.29, 0.717) is 29.1 Å². The van der Waals surface area contributed by atoms with E-state index >= 15 is 0 Å². The zero-order valence-corrected chi connectivity index (χ0v) is 16.2. The van der Waals surface area contributed by atoms with Crippen LogP contribution in [0.5, 0.6) is 0 Å². The quantitative estimate of drug-likeness (QED) is 0.732. The summed E-state index contributed by atoms with van der Waals surface area (Å²) >= 11 is 1.38. The van der Waals surface area contributed by atoms with Gasteiger partial charge in [-0.3, -0.25) is 9.59 Å². The normalized spacial score (nSPS) is 15.1. The van der Waals surface area contributed by atoms with Gasteiger partial charge in [-0.2, -0.15) is 0 Å². The second-order valence-corrected chi connectivity index (χ2v) is 8.53. The van der Waals surface area contributed by atoms with E-state index in [4.69, 9.17) is 0 Å². The smallest absolute Gasteiger partial charge is 0.252 e. The first-order valence-electron chi connectivity index (χ1n) is 9.09. The Balaban J connectivity index is 1.81. The molecule has 138 valence electrons. The highest BCUT2D eigenvalue weighted by atomic mass is 32.2. The van der Waals surface area contributed by atoms with E-state index in [1.54, 1.807) is 6.07 Å². The Labute approximate surface area is 158 Å². The van der Waals surface area contributed by atoms with Crippen LogP contribution in [0.15, 0.2) is 35.4 Å². The molecule has 0 radical (unpaired) electrons. The average molecular weight is 372 g/mol. The summed E-state index contributed by atoms with van der Waals surface area (Å²) in [7, 11) is 0. The number of benzene rings is 1. The standard InChI is InChI=1S/C20H25N3O2S/c1-12(2)11-21-19(24)13(3)26-18-10-16(20(25)22-14-8-9-14)15-6-4-5-7-17(15)23-18/h4-7,10,12-14H,8-9,11H2,1-3H3,(H,21,24)(H,22,25). The van der Waals surface area contributed by atoms with Crippen LogP contribution in [0.1, 0.15) is 44.0 Å². The molecule has 1 aliphatic rings. The molecule has 6 heteroatoms. The molecule has 3 rings (SSSR count). The monoisotopic (exact) mass is 371 g/mol. The predicted octanol–water partition coefficient (Wildman–Crippen LogP) is 3.38. The second kappa shape index (κ2) is 8.08. The number of para-hydroxylation sites is 1. The molecule has 1 aromatic carbocycles. The van der Waals surface area contributed by atoms with Gasteiger partial charge in [-0.1, -0.05) is 43.8 Å². The van der Waals surface area contributed by atoms with Crippen molar-refractivity contribution < 1.29 is 9.59 Å². The first-order valence-corrected chi connectivity index (χ1v) is 9.97. The molecule has 2 N–H and O–H groups in total. The Morgan fingerprint density at radius 1 is 1.23 bits per heavy atom. The summed E-state index contributed by atoms with van der Waals surface area (Å²) in [4.78, 5) is 29.5. The lowest BCUT2D eigenvalue weighted by molar-refractivity contribution is -0.120.